The van der Waals surface area contributed by atoms with E-state index in [2.05, 4.69) is 15.6 Å². The number of hydrogen-bond donors (Lipinski definition) is 2. The first-order valence-corrected chi connectivity index (χ1v) is 7.26. The Hall–Kier alpha value is -1.85. The van der Waals surface area contributed by atoms with Crippen molar-refractivity contribution in [3.8, 4) is 11.5 Å². The van der Waals surface area contributed by atoms with Crippen molar-refractivity contribution in [3.05, 3.63) is 36.2 Å². The molecule has 0 saturated carbocycles. The van der Waals surface area contributed by atoms with Crippen molar-refractivity contribution in [2.75, 3.05) is 18.4 Å². The highest BCUT2D eigenvalue weighted by Gasteiger charge is 2.21. The monoisotopic (exact) mass is 321 g/mol. The molecule has 0 spiro atoms. The molecule has 1 fully saturated rings. The van der Waals surface area contributed by atoms with Gasteiger partial charge in [-0.25, -0.2) is 4.98 Å². The summed E-state index contributed by atoms with van der Waals surface area (Å²) in [5, 5.41) is 6.25. The highest BCUT2D eigenvalue weighted by atomic mass is 35.5. The summed E-state index contributed by atoms with van der Waals surface area (Å²) >= 11 is 0. The van der Waals surface area contributed by atoms with Crippen molar-refractivity contribution in [2.45, 2.75) is 19.8 Å². The van der Waals surface area contributed by atoms with Crippen LogP contribution in [-0.4, -0.2) is 24.0 Å². The van der Waals surface area contributed by atoms with E-state index < -0.39 is 0 Å². The highest BCUT2D eigenvalue weighted by Crippen LogP contribution is 2.25. The number of aromatic nitrogens is 1. The van der Waals surface area contributed by atoms with Crippen LogP contribution in [0.15, 0.2) is 35.1 Å². The minimum absolute atomic E-state index is 0. The van der Waals surface area contributed by atoms with Gasteiger partial charge in [0.2, 0.25) is 11.8 Å². The fourth-order valence-electron chi connectivity index (χ4n) is 2.61. The first-order chi connectivity index (χ1) is 10.2. The fraction of sp³-hybridized carbons (Fsp3) is 0.375. The SMILES string of the molecule is Cc1ccc(NC(=O)C2CCCNC2)cc1-c1ncco1.Cl. The van der Waals surface area contributed by atoms with Crippen LogP contribution in [0, 0.1) is 12.8 Å². The summed E-state index contributed by atoms with van der Waals surface area (Å²) in [5.41, 5.74) is 2.75. The van der Waals surface area contributed by atoms with Gasteiger partial charge in [0.25, 0.3) is 0 Å². The molecule has 2 heterocycles. The van der Waals surface area contributed by atoms with E-state index in [0.717, 1.165) is 42.7 Å². The Labute approximate surface area is 135 Å². The Kier molecular flexibility index (Phi) is 5.57. The molecule has 1 saturated heterocycles. The average Bonchev–Trinajstić information content (AvgIpc) is 3.04. The van der Waals surface area contributed by atoms with E-state index in [1.807, 2.05) is 25.1 Å². The zero-order valence-electron chi connectivity index (χ0n) is 12.5. The first-order valence-electron chi connectivity index (χ1n) is 7.26. The third kappa shape index (κ3) is 3.67. The number of carbonyl (C=O) groups excluding carboxylic acids is 1. The Morgan fingerprint density at radius 1 is 1.45 bits per heavy atom. The number of aryl methyl sites for hydroxylation is 1. The van der Waals surface area contributed by atoms with Gasteiger partial charge >= 0.3 is 0 Å². The van der Waals surface area contributed by atoms with Crippen LogP contribution < -0.4 is 10.6 Å². The largest absolute Gasteiger partial charge is 0.445 e. The molecule has 6 heteroatoms. The molecular weight excluding hydrogens is 302 g/mol. The molecule has 1 atom stereocenters. The number of hydrogen-bond acceptors (Lipinski definition) is 4. The molecule has 0 aliphatic carbocycles. The average molecular weight is 322 g/mol. The molecule has 1 amide bonds. The number of carbonyl (C=O) groups is 1. The second kappa shape index (κ2) is 7.42. The van der Waals surface area contributed by atoms with Crippen molar-refractivity contribution >= 4 is 24.0 Å². The molecular formula is C16H20ClN3O2. The quantitative estimate of drug-likeness (QED) is 0.912. The number of oxazole rings is 1. The fourth-order valence-corrected chi connectivity index (χ4v) is 2.61. The summed E-state index contributed by atoms with van der Waals surface area (Å²) in [7, 11) is 0. The predicted molar refractivity (Wildman–Crippen MR) is 88.1 cm³/mol. The van der Waals surface area contributed by atoms with E-state index in [9.17, 15) is 4.79 Å². The van der Waals surface area contributed by atoms with Gasteiger partial charge in [-0.3, -0.25) is 4.79 Å². The molecule has 1 aromatic heterocycles. The standard InChI is InChI=1S/C16H19N3O2.ClH/c1-11-4-5-13(9-14(11)16-18-7-8-21-16)19-15(20)12-3-2-6-17-10-12;/h4-5,7-9,12,17H,2-3,6,10H2,1H3,(H,19,20);1H. The van der Waals surface area contributed by atoms with E-state index in [-0.39, 0.29) is 24.2 Å². The van der Waals surface area contributed by atoms with Gasteiger partial charge in [0.05, 0.1) is 12.1 Å². The number of nitrogens with one attached hydrogen (secondary N) is 2. The van der Waals surface area contributed by atoms with Gasteiger partial charge in [0.1, 0.15) is 6.26 Å². The van der Waals surface area contributed by atoms with Crippen molar-refractivity contribution in [2.24, 2.45) is 5.92 Å². The van der Waals surface area contributed by atoms with Crippen molar-refractivity contribution in [1.29, 1.82) is 0 Å². The Balaban J connectivity index is 0.00000176. The lowest BCUT2D eigenvalue weighted by atomic mass is 9.98. The van der Waals surface area contributed by atoms with Crippen LogP contribution in [0.4, 0.5) is 5.69 Å². The molecule has 5 nitrogen and oxygen atoms in total. The number of halogens is 1. The Bertz CT molecular complexity index is 622. The minimum atomic E-state index is 0. The first kappa shape index (κ1) is 16.5. The normalized spacial score (nSPS) is 17.6. The molecule has 1 aliphatic heterocycles. The summed E-state index contributed by atoms with van der Waals surface area (Å²) in [6.45, 7) is 3.75. The minimum Gasteiger partial charge on any atom is -0.445 e. The summed E-state index contributed by atoms with van der Waals surface area (Å²) in [6.07, 6.45) is 5.16. The van der Waals surface area contributed by atoms with E-state index in [1.165, 1.54) is 0 Å². The molecule has 0 bridgehead atoms. The van der Waals surface area contributed by atoms with Gasteiger partial charge in [-0.15, -0.1) is 12.4 Å². The summed E-state index contributed by atoms with van der Waals surface area (Å²) in [5.74, 6) is 0.692. The van der Waals surface area contributed by atoms with Crippen LogP contribution >= 0.6 is 12.4 Å². The van der Waals surface area contributed by atoms with E-state index in [4.69, 9.17) is 4.42 Å². The molecule has 1 aromatic carbocycles. The smallest absolute Gasteiger partial charge is 0.228 e. The Morgan fingerprint density at radius 3 is 3.00 bits per heavy atom. The number of piperidine rings is 1. The second-order valence-electron chi connectivity index (χ2n) is 5.40. The third-order valence-corrected chi connectivity index (χ3v) is 3.84. The van der Waals surface area contributed by atoms with Crippen LogP contribution in [0.25, 0.3) is 11.5 Å². The van der Waals surface area contributed by atoms with E-state index >= 15 is 0 Å². The lowest BCUT2D eigenvalue weighted by molar-refractivity contribution is -0.120. The topological polar surface area (TPSA) is 67.2 Å². The zero-order valence-corrected chi connectivity index (χ0v) is 13.3. The van der Waals surface area contributed by atoms with Crippen molar-refractivity contribution in [3.63, 3.8) is 0 Å². The molecule has 1 aliphatic rings. The van der Waals surface area contributed by atoms with Gasteiger partial charge < -0.3 is 15.1 Å². The van der Waals surface area contributed by atoms with Gasteiger partial charge in [0.15, 0.2) is 0 Å². The molecule has 3 rings (SSSR count). The van der Waals surface area contributed by atoms with Crippen molar-refractivity contribution in [1.82, 2.24) is 10.3 Å². The Morgan fingerprint density at radius 2 is 2.32 bits per heavy atom. The number of nitrogens with zero attached hydrogens (tertiary/aromatic N) is 1. The number of rotatable bonds is 3. The zero-order chi connectivity index (χ0) is 14.7. The predicted octanol–water partition coefficient (Wildman–Crippen LogP) is 3.01. The highest BCUT2D eigenvalue weighted by molar-refractivity contribution is 5.93. The molecule has 0 radical (unpaired) electrons. The van der Waals surface area contributed by atoms with Crippen molar-refractivity contribution < 1.29 is 9.21 Å². The van der Waals surface area contributed by atoms with Crippen LogP contribution in [-0.2, 0) is 4.79 Å². The van der Waals surface area contributed by atoms with Gasteiger partial charge in [-0.2, -0.15) is 0 Å². The van der Waals surface area contributed by atoms with Crippen LogP contribution in [0.2, 0.25) is 0 Å². The number of benzene rings is 1. The second-order valence-corrected chi connectivity index (χ2v) is 5.40. The third-order valence-electron chi connectivity index (χ3n) is 3.84. The molecule has 2 aromatic rings. The van der Waals surface area contributed by atoms with Gasteiger partial charge in [-0.05, 0) is 44.0 Å². The van der Waals surface area contributed by atoms with Crippen LogP contribution in [0.3, 0.4) is 0 Å². The lowest BCUT2D eigenvalue weighted by Gasteiger charge is -2.22. The summed E-state index contributed by atoms with van der Waals surface area (Å²) < 4.78 is 5.34. The maximum atomic E-state index is 12.3. The lowest BCUT2D eigenvalue weighted by Crippen LogP contribution is -2.37. The maximum absolute atomic E-state index is 12.3. The van der Waals surface area contributed by atoms with E-state index in [1.54, 1.807) is 12.5 Å². The van der Waals surface area contributed by atoms with Crippen LogP contribution in [0.1, 0.15) is 18.4 Å². The summed E-state index contributed by atoms with van der Waals surface area (Å²) in [4.78, 5) is 16.4. The molecule has 118 valence electrons. The summed E-state index contributed by atoms with van der Waals surface area (Å²) in [6, 6.07) is 5.79. The molecule has 22 heavy (non-hydrogen) atoms. The maximum Gasteiger partial charge on any atom is 0.228 e. The number of amides is 1. The van der Waals surface area contributed by atoms with Gasteiger partial charge in [-0.1, -0.05) is 6.07 Å². The van der Waals surface area contributed by atoms with Crippen LogP contribution in [0.5, 0.6) is 0 Å². The molecule has 2 N–H and O–H groups in total. The number of anilines is 1. The molecule has 1 unspecified atom stereocenters. The van der Waals surface area contributed by atoms with Gasteiger partial charge in [0, 0.05) is 17.8 Å². The van der Waals surface area contributed by atoms with E-state index in [0.29, 0.717) is 5.89 Å².